The summed E-state index contributed by atoms with van der Waals surface area (Å²) in [5.74, 6) is -3.50. The monoisotopic (exact) mass is 513 g/mol. The number of thioether (sulfide) groups is 1. The van der Waals surface area contributed by atoms with E-state index in [1.165, 1.54) is 7.11 Å². The number of halogens is 1. The summed E-state index contributed by atoms with van der Waals surface area (Å²) < 4.78 is 10.3. The smallest absolute Gasteiger partial charge is 0.319 e. The Balaban J connectivity index is 1.87. The van der Waals surface area contributed by atoms with Crippen molar-refractivity contribution in [3.8, 4) is 11.8 Å². The van der Waals surface area contributed by atoms with Crippen LogP contribution in [-0.4, -0.2) is 37.3 Å². The first kappa shape index (κ1) is 26.1. The quantitative estimate of drug-likeness (QED) is 0.389. The van der Waals surface area contributed by atoms with Crippen LogP contribution in [0.2, 0.25) is 5.02 Å². The molecule has 8 nitrogen and oxygen atoms in total. The zero-order valence-corrected chi connectivity index (χ0v) is 20.7. The van der Waals surface area contributed by atoms with E-state index in [2.05, 4.69) is 16.7 Å². The average Bonchev–Trinajstić information content (AvgIpc) is 2.87. The van der Waals surface area contributed by atoms with E-state index in [9.17, 15) is 19.6 Å². The number of ether oxygens (including phenoxy) is 2. The van der Waals surface area contributed by atoms with Crippen LogP contribution in [0.15, 0.2) is 59.1 Å². The number of nitrogens with one attached hydrogen (secondary N) is 2. The third-order valence-corrected chi connectivity index (χ3v) is 6.59. The number of nitrogens with zero attached hydrogens (tertiary/aromatic N) is 1. The second-order valence-corrected chi connectivity index (χ2v) is 8.89. The molecule has 2 aromatic carbocycles. The minimum atomic E-state index is -1.29. The lowest BCUT2D eigenvalue weighted by molar-refractivity contribution is -0.150. The number of amides is 2. The van der Waals surface area contributed by atoms with Gasteiger partial charge in [0.1, 0.15) is 11.7 Å². The third-order valence-electron chi connectivity index (χ3n) is 5.28. The van der Waals surface area contributed by atoms with E-state index >= 15 is 0 Å². The molecule has 0 spiro atoms. The summed E-state index contributed by atoms with van der Waals surface area (Å²) in [7, 11) is 1.18. The van der Waals surface area contributed by atoms with Gasteiger partial charge in [0.05, 0.1) is 41.2 Å². The van der Waals surface area contributed by atoms with Gasteiger partial charge in [-0.05, 0) is 30.2 Å². The molecule has 3 rings (SSSR count). The number of hydrogen-bond donors (Lipinski definition) is 2. The second-order valence-electron chi connectivity index (χ2n) is 7.50. The summed E-state index contributed by atoms with van der Waals surface area (Å²) in [6.07, 6.45) is 0. The molecule has 0 radical (unpaired) electrons. The molecule has 2 aromatic rings. The Hall–Kier alpha value is -3.48. The summed E-state index contributed by atoms with van der Waals surface area (Å²) in [6.45, 7) is 2.58. The Kier molecular flexibility index (Phi) is 9.18. The lowest BCUT2D eigenvalue weighted by Gasteiger charge is -2.31. The fraction of sp³-hybridized carbons (Fsp3) is 0.280. The van der Waals surface area contributed by atoms with Gasteiger partial charge in [-0.15, -0.1) is 0 Å². The second kappa shape index (κ2) is 12.3. The maximum atomic E-state index is 12.9. The number of rotatable bonds is 9. The van der Waals surface area contributed by atoms with Gasteiger partial charge in [-0.1, -0.05) is 59.8 Å². The van der Waals surface area contributed by atoms with E-state index in [-0.39, 0.29) is 27.3 Å². The first-order valence-corrected chi connectivity index (χ1v) is 12.1. The Bertz CT molecular complexity index is 1180. The number of esters is 1. The van der Waals surface area contributed by atoms with Crippen LogP contribution >= 0.6 is 23.4 Å². The fourth-order valence-electron chi connectivity index (χ4n) is 3.65. The lowest BCUT2D eigenvalue weighted by Crippen LogP contribution is -2.44. The van der Waals surface area contributed by atoms with Crippen molar-refractivity contribution in [1.29, 1.82) is 5.26 Å². The summed E-state index contributed by atoms with van der Waals surface area (Å²) in [5, 5.41) is 15.9. The Labute approximate surface area is 212 Å². The number of methoxy groups -OCH3 is 1. The molecule has 2 atom stereocenters. The highest BCUT2D eigenvalue weighted by Gasteiger charge is 2.44. The highest BCUT2D eigenvalue weighted by atomic mass is 35.5. The Morgan fingerprint density at radius 1 is 1.23 bits per heavy atom. The van der Waals surface area contributed by atoms with Crippen LogP contribution in [0.4, 0.5) is 0 Å². The van der Waals surface area contributed by atoms with Crippen molar-refractivity contribution in [2.24, 2.45) is 5.92 Å². The minimum absolute atomic E-state index is 0.0345. The molecule has 2 N–H and O–H groups in total. The van der Waals surface area contributed by atoms with Crippen molar-refractivity contribution in [2.75, 3.05) is 19.5 Å². The summed E-state index contributed by atoms with van der Waals surface area (Å²) >= 11 is 7.36. The van der Waals surface area contributed by atoms with Gasteiger partial charge in [0.25, 0.3) is 0 Å². The van der Waals surface area contributed by atoms with E-state index in [0.717, 1.165) is 17.3 Å². The molecule has 1 heterocycles. The van der Waals surface area contributed by atoms with Gasteiger partial charge < -0.3 is 20.1 Å². The molecule has 0 bridgehead atoms. The predicted molar refractivity (Wildman–Crippen MR) is 132 cm³/mol. The topological polar surface area (TPSA) is 118 Å². The van der Waals surface area contributed by atoms with Crippen molar-refractivity contribution in [2.45, 2.75) is 19.4 Å². The molecule has 0 aliphatic carbocycles. The zero-order valence-electron chi connectivity index (χ0n) is 19.2. The number of carbonyl (C=O) groups is 3. The SMILES string of the molecule is CCOc1ccc([C@H]2C(C#N)=C(SCC(=O)NCc3ccccc3)NC(=O)[C@H]2C(=O)OC)cc1Cl. The third kappa shape index (κ3) is 6.35. The maximum absolute atomic E-state index is 12.9. The number of hydrogen-bond acceptors (Lipinski definition) is 7. The van der Waals surface area contributed by atoms with Crippen LogP contribution in [0.25, 0.3) is 0 Å². The first-order valence-electron chi connectivity index (χ1n) is 10.8. The largest absolute Gasteiger partial charge is 0.492 e. The maximum Gasteiger partial charge on any atom is 0.319 e. The van der Waals surface area contributed by atoms with Gasteiger partial charge in [0.15, 0.2) is 0 Å². The van der Waals surface area contributed by atoms with Gasteiger partial charge in [-0.3, -0.25) is 14.4 Å². The molecule has 0 unspecified atom stereocenters. The van der Waals surface area contributed by atoms with Crippen LogP contribution in [0, 0.1) is 17.2 Å². The molecule has 10 heteroatoms. The van der Waals surface area contributed by atoms with Crippen LogP contribution in [-0.2, 0) is 25.7 Å². The minimum Gasteiger partial charge on any atom is -0.492 e. The molecule has 0 saturated heterocycles. The number of nitriles is 1. The van der Waals surface area contributed by atoms with E-state index in [1.54, 1.807) is 18.2 Å². The van der Waals surface area contributed by atoms with Crippen molar-refractivity contribution in [3.05, 3.63) is 75.3 Å². The fourth-order valence-corrected chi connectivity index (χ4v) is 4.77. The standard InChI is InChI=1S/C25H24ClN3O5S/c1-3-34-19-10-9-16(11-18(19)26)21-17(12-27)24(29-23(31)22(21)25(32)33-2)35-14-20(30)28-13-15-7-5-4-6-8-15/h4-11,21-22H,3,13-14H2,1-2H3,(H,28,30)(H,29,31)/t21-,22-/m0/s1. The molecule has 2 amide bonds. The molecule has 0 aromatic heterocycles. The van der Waals surface area contributed by atoms with Gasteiger partial charge in [-0.2, -0.15) is 5.26 Å². The number of carbonyl (C=O) groups excluding carboxylic acids is 3. The molecule has 1 aliphatic rings. The Morgan fingerprint density at radius 2 is 1.97 bits per heavy atom. The van der Waals surface area contributed by atoms with E-state index in [4.69, 9.17) is 21.1 Å². The highest BCUT2D eigenvalue weighted by Crippen LogP contribution is 2.42. The van der Waals surface area contributed by atoms with Crippen LogP contribution in [0.5, 0.6) is 5.75 Å². The summed E-state index contributed by atoms with van der Waals surface area (Å²) in [4.78, 5) is 37.9. The van der Waals surface area contributed by atoms with Crippen molar-refractivity contribution in [1.82, 2.24) is 10.6 Å². The van der Waals surface area contributed by atoms with Crippen LogP contribution < -0.4 is 15.4 Å². The molecule has 0 saturated carbocycles. The molecule has 182 valence electrons. The van der Waals surface area contributed by atoms with Crippen molar-refractivity contribution < 1.29 is 23.9 Å². The molecule has 35 heavy (non-hydrogen) atoms. The van der Waals surface area contributed by atoms with Crippen molar-refractivity contribution in [3.63, 3.8) is 0 Å². The van der Waals surface area contributed by atoms with Crippen LogP contribution in [0.1, 0.15) is 24.0 Å². The van der Waals surface area contributed by atoms with Gasteiger partial charge in [0.2, 0.25) is 11.8 Å². The van der Waals surface area contributed by atoms with E-state index in [0.29, 0.717) is 24.5 Å². The van der Waals surface area contributed by atoms with Gasteiger partial charge in [-0.25, -0.2) is 0 Å². The lowest BCUT2D eigenvalue weighted by atomic mass is 9.78. The van der Waals surface area contributed by atoms with Crippen molar-refractivity contribution >= 4 is 41.1 Å². The Morgan fingerprint density at radius 3 is 2.60 bits per heavy atom. The average molecular weight is 514 g/mol. The molecular weight excluding hydrogens is 490 g/mol. The van der Waals surface area contributed by atoms with Gasteiger partial charge >= 0.3 is 5.97 Å². The highest BCUT2D eigenvalue weighted by molar-refractivity contribution is 8.03. The molecule has 1 aliphatic heterocycles. The van der Waals surface area contributed by atoms with Crippen LogP contribution in [0.3, 0.4) is 0 Å². The predicted octanol–water partition coefficient (Wildman–Crippen LogP) is 3.53. The summed E-state index contributed by atoms with van der Waals surface area (Å²) in [6, 6.07) is 16.4. The first-order chi connectivity index (χ1) is 16.9. The normalized spacial score (nSPS) is 17.3. The number of allylic oxidation sites excluding steroid dienone is 1. The van der Waals surface area contributed by atoms with E-state index in [1.807, 2.05) is 37.3 Å². The zero-order chi connectivity index (χ0) is 25.4. The summed E-state index contributed by atoms with van der Waals surface area (Å²) in [5.41, 5.74) is 1.56. The molecule has 0 fully saturated rings. The van der Waals surface area contributed by atoms with E-state index < -0.39 is 23.7 Å². The molecular formula is C25H24ClN3O5S. The number of benzene rings is 2. The van der Waals surface area contributed by atoms with Gasteiger partial charge in [0, 0.05) is 12.5 Å².